The summed E-state index contributed by atoms with van der Waals surface area (Å²) < 4.78 is 5.08. The molecule has 1 heterocycles. The molecule has 0 aliphatic rings. The maximum atomic E-state index is 12.1. The number of nitrogen functional groups attached to an aromatic ring is 1. The zero-order valence-corrected chi connectivity index (χ0v) is 11.4. The highest BCUT2D eigenvalue weighted by Gasteiger charge is 2.11. The number of aromatic nitrogens is 1. The SMILES string of the molecule is COc1ccc(Cl)c(NC(=O)c2cccc(NN)n2)c1. The van der Waals surface area contributed by atoms with E-state index in [1.54, 1.807) is 36.4 Å². The lowest BCUT2D eigenvalue weighted by atomic mass is 10.2. The number of rotatable bonds is 4. The molecule has 0 radical (unpaired) electrons. The van der Waals surface area contributed by atoms with Gasteiger partial charge >= 0.3 is 0 Å². The van der Waals surface area contributed by atoms with Gasteiger partial charge in [-0.3, -0.25) is 4.79 Å². The number of hydrazine groups is 1. The van der Waals surface area contributed by atoms with Crippen molar-refractivity contribution in [1.82, 2.24) is 4.98 Å². The van der Waals surface area contributed by atoms with Gasteiger partial charge in [0.2, 0.25) is 0 Å². The molecule has 0 fully saturated rings. The number of hydrogen-bond acceptors (Lipinski definition) is 5. The van der Waals surface area contributed by atoms with E-state index in [1.165, 1.54) is 7.11 Å². The standard InChI is InChI=1S/C13H13ClN4O2/c1-20-8-5-6-9(14)11(7-8)17-13(19)10-3-2-4-12(16-10)18-15/h2-7H,15H2,1H3,(H,16,18)(H,17,19). The van der Waals surface area contributed by atoms with Gasteiger partial charge in [0.15, 0.2) is 0 Å². The Bertz CT molecular complexity index is 634. The van der Waals surface area contributed by atoms with Crippen LogP contribution >= 0.6 is 11.6 Å². The number of hydrogen-bond donors (Lipinski definition) is 3. The molecule has 0 unspecified atom stereocenters. The predicted octanol–water partition coefficient (Wildman–Crippen LogP) is 2.28. The molecule has 0 aliphatic carbocycles. The average molecular weight is 293 g/mol. The van der Waals surface area contributed by atoms with E-state index in [1.807, 2.05) is 0 Å². The van der Waals surface area contributed by atoms with Crippen LogP contribution in [0.25, 0.3) is 0 Å². The highest BCUT2D eigenvalue weighted by Crippen LogP contribution is 2.27. The van der Waals surface area contributed by atoms with Crippen LogP contribution in [0.15, 0.2) is 36.4 Å². The number of carbonyl (C=O) groups is 1. The fourth-order valence-corrected chi connectivity index (χ4v) is 1.72. The van der Waals surface area contributed by atoms with Crippen LogP contribution in [0.3, 0.4) is 0 Å². The smallest absolute Gasteiger partial charge is 0.274 e. The first-order valence-electron chi connectivity index (χ1n) is 5.72. The molecule has 20 heavy (non-hydrogen) atoms. The summed E-state index contributed by atoms with van der Waals surface area (Å²) in [4.78, 5) is 16.1. The van der Waals surface area contributed by atoms with Crippen LogP contribution in [0, 0.1) is 0 Å². The fourth-order valence-electron chi connectivity index (χ4n) is 1.56. The Morgan fingerprint density at radius 2 is 2.15 bits per heavy atom. The Balaban J connectivity index is 2.22. The van der Waals surface area contributed by atoms with E-state index in [0.29, 0.717) is 22.3 Å². The van der Waals surface area contributed by atoms with Gasteiger partial charge in [0, 0.05) is 6.07 Å². The van der Waals surface area contributed by atoms with Crippen molar-refractivity contribution in [3.63, 3.8) is 0 Å². The molecule has 2 rings (SSSR count). The van der Waals surface area contributed by atoms with Crippen LogP contribution in [0.5, 0.6) is 5.75 Å². The molecule has 0 aliphatic heterocycles. The molecular formula is C13H13ClN4O2. The van der Waals surface area contributed by atoms with E-state index in [0.717, 1.165) is 0 Å². The first kappa shape index (κ1) is 14.1. The largest absolute Gasteiger partial charge is 0.497 e. The van der Waals surface area contributed by atoms with Gasteiger partial charge in [-0.2, -0.15) is 0 Å². The molecule has 7 heteroatoms. The van der Waals surface area contributed by atoms with E-state index in [2.05, 4.69) is 15.7 Å². The molecule has 0 saturated heterocycles. The Kier molecular flexibility index (Phi) is 4.39. The average Bonchev–Trinajstić information content (AvgIpc) is 2.49. The number of pyridine rings is 1. The third-order valence-corrected chi connectivity index (χ3v) is 2.88. The summed E-state index contributed by atoms with van der Waals surface area (Å²) in [5.74, 6) is 5.85. The number of nitrogens with zero attached hydrogens (tertiary/aromatic N) is 1. The van der Waals surface area contributed by atoms with Crippen LogP contribution in [-0.4, -0.2) is 18.0 Å². The second kappa shape index (κ2) is 6.23. The third kappa shape index (κ3) is 3.17. The Labute approximate surface area is 120 Å². The molecule has 4 N–H and O–H groups in total. The van der Waals surface area contributed by atoms with E-state index in [-0.39, 0.29) is 5.69 Å². The summed E-state index contributed by atoms with van der Waals surface area (Å²) in [5.41, 5.74) is 3.05. The monoisotopic (exact) mass is 292 g/mol. The summed E-state index contributed by atoms with van der Waals surface area (Å²) >= 11 is 6.02. The summed E-state index contributed by atoms with van der Waals surface area (Å²) in [6.45, 7) is 0. The number of halogens is 1. The normalized spacial score (nSPS) is 9.95. The maximum absolute atomic E-state index is 12.1. The number of methoxy groups -OCH3 is 1. The first-order valence-corrected chi connectivity index (χ1v) is 6.10. The first-order chi connectivity index (χ1) is 9.63. The molecule has 1 aromatic carbocycles. The summed E-state index contributed by atoms with van der Waals surface area (Å²) in [6.07, 6.45) is 0. The van der Waals surface area contributed by atoms with Gasteiger partial charge in [0.05, 0.1) is 17.8 Å². The minimum absolute atomic E-state index is 0.222. The van der Waals surface area contributed by atoms with Gasteiger partial charge in [0.25, 0.3) is 5.91 Å². The summed E-state index contributed by atoms with van der Waals surface area (Å²) in [6, 6.07) is 9.87. The maximum Gasteiger partial charge on any atom is 0.274 e. The number of ether oxygens (including phenoxy) is 1. The lowest BCUT2D eigenvalue weighted by Crippen LogP contribution is -2.16. The van der Waals surface area contributed by atoms with E-state index in [9.17, 15) is 4.79 Å². The number of benzene rings is 1. The topological polar surface area (TPSA) is 89.3 Å². The van der Waals surface area contributed by atoms with Crippen LogP contribution in [0.2, 0.25) is 5.02 Å². The zero-order valence-electron chi connectivity index (χ0n) is 10.7. The van der Waals surface area contributed by atoms with Crippen LogP contribution in [-0.2, 0) is 0 Å². The van der Waals surface area contributed by atoms with Gasteiger partial charge in [-0.1, -0.05) is 17.7 Å². The molecule has 6 nitrogen and oxygen atoms in total. The van der Waals surface area contributed by atoms with Crippen molar-refractivity contribution in [2.75, 3.05) is 17.9 Å². The number of anilines is 2. The molecule has 104 valence electrons. The quantitative estimate of drug-likeness (QED) is 0.594. The van der Waals surface area contributed by atoms with Crippen molar-refractivity contribution in [2.24, 2.45) is 5.84 Å². The Morgan fingerprint density at radius 1 is 1.35 bits per heavy atom. The number of carbonyl (C=O) groups excluding carboxylic acids is 1. The van der Waals surface area contributed by atoms with Crippen molar-refractivity contribution < 1.29 is 9.53 Å². The van der Waals surface area contributed by atoms with E-state index < -0.39 is 5.91 Å². The fraction of sp³-hybridized carbons (Fsp3) is 0.0769. The van der Waals surface area contributed by atoms with E-state index in [4.69, 9.17) is 22.2 Å². The van der Waals surface area contributed by atoms with Crippen molar-refractivity contribution in [2.45, 2.75) is 0 Å². The minimum atomic E-state index is -0.391. The van der Waals surface area contributed by atoms with Crippen molar-refractivity contribution in [3.05, 3.63) is 47.1 Å². The number of nitrogens with two attached hydrogens (primary N) is 1. The number of nitrogens with one attached hydrogen (secondary N) is 2. The summed E-state index contributed by atoms with van der Waals surface area (Å²) in [7, 11) is 1.53. The number of amides is 1. The highest BCUT2D eigenvalue weighted by molar-refractivity contribution is 6.34. The summed E-state index contributed by atoms with van der Waals surface area (Å²) in [5, 5.41) is 3.08. The highest BCUT2D eigenvalue weighted by atomic mass is 35.5. The van der Waals surface area contributed by atoms with Gasteiger partial charge in [-0.05, 0) is 24.3 Å². The van der Waals surface area contributed by atoms with Gasteiger partial charge in [0.1, 0.15) is 17.3 Å². The molecule has 0 saturated carbocycles. The second-order valence-electron chi connectivity index (χ2n) is 3.85. The van der Waals surface area contributed by atoms with E-state index >= 15 is 0 Å². The predicted molar refractivity (Wildman–Crippen MR) is 78.0 cm³/mol. The molecule has 1 aromatic heterocycles. The molecule has 0 atom stereocenters. The van der Waals surface area contributed by atoms with Gasteiger partial charge in [-0.25, -0.2) is 10.8 Å². The van der Waals surface area contributed by atoms with Gasteiger partial charge in [-0.15, -0.1) is 0 Å². The third-order valence-electron chi connectivity index (χ3n) is 2.55. The molecule has 2 aromatic rings. The van der Waals surface area contributed by atoms with Crippen LogP contribution in [0.1, 0.15) is 10.5 Å². The lowest BCUT2D eigenvalue weighted by Gasteiger charge is -2.09. The molecule has 0 bridgehead atoms. The van der Waals surface area contributed by atoms with Crippen molar-refractivity contribution in [3.8, 4) is 5.75 Å². The lowest BCUT2D eigenvalue weighted by molar-refractivity contribution is 0.102. The zero-order chi connectivity index (χ0) is 14.5. The molecule has 1 amide bonds. The minimum Gasteiger partial charge on any atom is -0.497 e. The van der Waals surface area contributed by atoms with Crippen molar-refractivity contribution in [1.29, 1.82) is 0 Å². The van der Waals surface area contributed by atoms with Crippen LogP contribution < -0.4 is 21.3 Å². The van der Waals surface area contributed by atoms with Crippen molar-refractivity contribution >= 4 is 29.0 Å². The molecule has 0 spiro atoms. The Hall–Kier alpha value is -2.31. The van der Waals surface area contributed by atoms with Crippen LogP contribution in [0.4, 0.5) is 11.5 Å². The Morgan fingerprint density at radius 3 is 2.85 bits per heavy atom. The van der Waals surface area contributed by atoms with Gasteiger partial charge < -0.3 is 15.5 Å². The molecular weight excluding hydrogens is 280 g/mol. The second-order valence-corrected chi connectivity index (χ2v) is 4.26.